The lowest BCUT2D eigenvalue weighted by Crippen LogP contribution is -2.58. The molecule has 3 amide bonds. The second kappa shape index (κ2) is 20.5. The summed E-state index contributed by atoms with van der Waals surface area (Å²) in [6.45, 7) is 4.27. The average molecular weight is 810 g/mol. The molecule has 0 aliphatic carbocycles. The zero-order valence-electron chi connectivity index (χ0n) is 28.9. The number of carbonyl (C=O) groups excluding carboxylic acids is 5. The molecule has 3 aromatic rings. The molecular weight excluding hydrogens is 766 g/mol. The molecule has 4 rings (SSSR count). The molecule has 2 heterocycles. The fourth-order valence-electron chi connectivity index (χ4n) is 5.56. The Balaban J connectivity index is 1.30. The van der Waals surface area contributed by atoms with Crippen molar-refractivity contribution in [2.75, 3.05) is 26.2 Å². The second-order valence-electron chi connectivity index (χ2n) is 12.8. The summed E-state index contributed by atoms with van der Waals surface area (Å²) in [4.78, 5) is 74.6. The number of benzene rings is 2. The van der Waals surface area contributed by atoms with E-state index in [1.807, 2.05) is 56.3 Å². The van der Waals surface area contributed by atoms with E-state index in [0.29, 0.717) is 32.4 Å². The summed E-state index contributed by atoms with van der Waals surface area (Å²) in [6, 6.07) is 16.4. The molecule has 0 unspecified atom stereocenters. The third-order valence-electron chi connectivity index (χ3n) is 8.04. The summed E-state index contributed by atoms with van der Waals surface area (Å²) < 4.78 is 12.4. The number of carbonyl (C=O) groups is 5. The molecular formula is C36H44BIN6O7. The van der Waals surface area contributed by atoms with E-state index in [9.17, 15) is 24.0 Å². The van der Waals surface area contributed by atoms with E-state index < -0.39 is 42.9 Å². The Hall–Kier alpha value is -4.38. The molecule has 51 heavy (non-hydrogen) atoms. The molecule has 0 bridgehead atoms. The first-order chi connectivity index (χ1) is 24.5. The fraction of sp³-hybridized carbons (Fsp3) is 0.417. The molecule has 3 N–H and O–H groups in total. The van der Waals surface area contributed by atoms with Crippen LogP contribution >= 0.6 is 22.6 Å². The molecule has 1 saturated heterocycles. The number of hydrogen-bond acceptors (Lipinski definition) is 10. The van der Waals surface area contributed by atoms with Crippen molar-refractivity contribution in [2.24, 2.45) is 5.92 Å². The molecule has 15 heteroatoms. The highest BCUT2D eigenvalue weighted by atomic mass is 127. The standard InChI is InChI=1S/C36H44BIN6O7/c1-25(2)20-31(43-35(48)29(21-27-8-4-3-5-9-27)42-36(49)30-22-39-17-18-40-30)37-50-33(46)23-44(24-34(47)51-37)19-7-16-41-32(45)11-6-10-26-12-14-28(38)15-13-26/h3-5,8-9,12-15,17-18,22,25,29,31H,6-7,10-11,16,19-21,23-24H2,1-2H3,(H,41,45)(H,42,49)(H,43,48)/t29-,31-/m0/s1. The van der Waals surface area contributed by atoms with E-state index in [1.54, 1.807) is 4.90 Å². The SMILES string of the molecule is CC(C)C[C@H](NC(=O)[C@H](Cc1ccccc1)NC(=O)c1cnccn1)B1OC(=O)CN(CCCNC(=O)CCCc2ccc(I)cc2)CC(=O)O1. The maximum atomic E-state index is 13.8. The quantitative estimate of drug-likeness (QED) is 0.105. The van der Waals surface area contributed by atoms with Gasteiger partial charge in [-0.15, -0.1) is 0 Å². The topological polar surface area (TPSA) is 169 Å². The number of aryl methyl sites for hydroxylation is 1. The minimum absolute atomic E-state index is 0.0222. The number of aromatic nitrogens is 2. The van der Waals surface area contributed by atoms with Crippen LogP contribution in [0.2, 0.25) is 0 Å². The summed E-state index contributed by atoms with van der Waals surface area (Å²) in [6.07, 6.45) is 7.09. The molecule has 1 fully saturated rings. The van der Waals surface area contributed by atoms with Gasteiger partial charge < -0.3 is 25.3 Å². The highest BCUT2D eigenvalue weighted by molar-refractivity contribution is 14.1. The Labute approximate surface area is 312 Å². The monoisotopic (exact) mass is 810 g/mol. The second-order valence-corrected chi connectivity index (χ2v) is 14.0. The van der Waals surface area contributed by atoms with Crippen molar-refractivity contribution < 1.29 is 33.3 Å². The molecule has 0 saturated carbocycles. The molecule has 13 nitrogen and oxygen atoms in total. The van der Waals surface area contributed by atoms with Gasteiger partial charge in [0.25, 0.3) is 5.91 Å². The molecule has 2 aromatic carbocycles. The number of amides is 3. The Morgan fingerprint density at radius 2 is 1.63 bits per heavy atom. The van der Waals surface area contributed by atoms with Crippen LogP contribution in [0.25, 0.3) is 0 Å². The Morgan fingerprint density at radius 3 is 2.27 bits per heavy atom. The van der Waals surface area contributed by atoms with Crippen molar-refractivity contribution in [2.45, 2.75) is 64.4 Å². The molecule has 2 atom stereocenters. The maximum Gasteiger partial charge on any atom is 0.622 e. The third-order valence-corrected chi connectivity index (χ3v) is 8.76. The van der Waals surface area contributed by atoms with Crippen molar-refractivity contribution in [3.05, 3.63) is 93.6 Å². The summed E-state index contributed by atoms with van der Waals surface area (Å²) >= 11 is 2.26. The van der Waals surface area contributed by atoms with Gasteiger partial charge in [0.2, 0.25) is 11.8 Å². The third kappa shape index (κ3) is 14.0. The van der Waals surface area contributed by atoms with Gasteiger partial charge in [-0.25, -0.2) is 4.98 Å². The molecule has 1 aliphatic heterocycles. The number of hydrogen-bond donors (Lipinski definition) is 3. The van der Waals surface area contributed by atoms with Gasteiger partial charge in [-0.3, -0.25) is 33.9 Å². The van der Waals surface area contributed by atoms with E-state index >= 15 is 0 Å². The highest BCUT2D eigenvalue weighted by Gasteiger charge is 2.42. The summed E-state index contributed by atoms with van der Waals surface area (Å²) in [5.74, 6) is -3.28. The smallest absolute Gasteiger partial charge is 0.497 e. The van der Waals surface area contributed by atoms with Crippen LogP contribution in [0.15, 0.2) is 73.2 Å². The van der Waals surface area contributed by atoms with Crippen molar-refractivity contribution >= 4 is 59.4 Å². The first kappa shape index (κ1) is 39.4. The molecule has 270 valence electrons. The van der Waals surface area contributed by atoms with Crippen molar-refractivity contribution in [1.29, 1.82) is 0 Å². The average Bonchev–Trinajstić information content (AvgIpc) is 3.10. The van der Waals surface area contributed by atoms with Gasteiger partial charge in [0.1, 0.15) is 11.7 Å². The van der Waals surface area contributed by atoms with E-state index in [1.165, 1.54) is 27.7 Å². The molecule has 0 radical (unpaired) electrons. The summed E-state index contributed by atoms with van der Waals surface area (Å²) in [5, 5.41) is 8.51. The van der Waals surface area contributed by atoms with Gasteiger partial charge in [0.05, 0.1) is 25.2 Å². The first-order valence-electron chi connectivity index (χ1n) is 17.1. The lowest BCUT2D eigenvalue weighted by molar-refractivity contribution is -0.147. The largest absolute Gasteiger partial charge is 0.622 e. The number of halogens is 1. The summed E-state index contributed by atoms with van der Waals surface area (Å²) in [7, 11) is -1.37. The van der Waals surface area contributed by atoms with Crippen molar-refractivity contribution in [3.8, 4) is 0 Å². The lowest BCUT2D eigenvalue weighted by Gasteiger charge is -2.30. The van der Waals surface area contributed by atoms with Crippen LogP contribution in [-0.4, -0.2) is 89.8 Å². The predicted molar refractivity (Wildman–Crippen MR) is 199 cm³/mol. The van der Waals surface area contributed by atoms with Gasteiger partial charge in [0, 0.05) is 41.9 Å². The van der Waals surface area contributed by atoms with Crippen LogP contribution in [0, 0.1) is 9.49 Å². The predicted octanol–water partition coefficient (Wildman–Crippen LogP) is 2.91. The van der Waals surface area contributed by atoms with E-state index in [0.717, 1.165) is 18.4 Å². The zero-order valence-corrected chi connectivity index (χ0v) is 31.0. The number of nitrogens with zero attached hydrogens (tertiary/aromatic N) is 3. The van der Waals surface area contributed by atoms with E-state index in [2.05, 4.69) is 60.6 Å². The van der Waals surface area contributed by atoms with Crippen LogP contribution in [0.5, 0.6) is 0 Å². The Morgan fingerprint density at radius 1 is 0.922 bits per heavy atom. The Kier molecular flexibility index (Phi) is 15.8. The van der Waals surface area contributed by atoms with Gasteiger partial charge in [-0.1, -0.05) is 56.3 Å². The minimum Gasteiger partial charge on any atom is -0.497 e. The normalized spacial score (nSPS) is 14.8. The lowest BCUT2D eigenvalue weighted by atomic mass is 9.73. The van der Waals surface area contributed by atoms with Gasteiger partial charge in [-0.2, -0.15) is 0 Å². The van der Waals surface area contributed by atoms with Crippen LogP contribution in [-0.2, 0) is 41.3 Å². The van der Waals surface area contributed by atoms with Crippen LogP contribution in [0.4, 0.5) is 0 Å². The molecule has 1 aliphatic rings. The first-order valence-corrected chi connectivity index (χ1v) is 18.2. The van der Waals surface area contributed by atoms with Gasteiger partial charge >= 0.3 is 19.1 Å². The van der Waals surface area contributed by atoms with E-state index in [-0.39, 0.29) is 37.0 Å². The zero-order chi connectivity index (χ0) is 36.6. The van der Waals surface area contributed by atoms with Crippen LogP contribution in [0.3, 0.4) is 0 Å². The van der Waals surface area contributed by atoms with Crippen LogP contribution in [0.1, 0.15) is 61.1 Å². The van der Waals surface area contributed by atoms with Crippen LogP contribution < -0.4 is 16.0 Å². The molecule has 1 aromatic heterocycles. The summed E-state index contributed by atoms with van der Waals surface area (Å²) in [5.41, 5.74) is 2.04. The van der Waals surface area contributed by atoms with Crippen molar-refractivity contribution in [3.63, 3.8) is 0 Å². The van der Waals surface area contributed by atoms with Crippen molar-refractivity contribution in [1.82, 2.24) is 30.8 Å². The Bertz CT molecular complexity index is 1580. The van der Waals surface area contributed by atoms with Gasteiger partial charge in [-0.05, 0) is 77.5 Å². The van der Waals surface area contributed by atoms with E-state index in [4.69, 9.17) is 9.31 Å². The maximum absolute atomic E-state index is 13.8. The number of rotatable bonds is 17. The minimum atomic E-state index is -1.37. The highest BCUT2D eigenvalue weighted by Crippen LogP contribution is 2.15. The van der Waals surface area contributed by atoms with Gasteiger partial charge in [0.15, 0.2) is 0 Å². The number of nitrogens with one attached hydrogen (secondary N) is 3. The molecule has 0 spiro atoms. The fourth-order valence-corrected chi connectivity index (χ4v) is 5.92.